The molecule has 20 heavy (non-hydrogen) atoms. The average Bonchev–Trinajstić information content (AvgIpc) is 2.40. The van der Waals surface area contributed by atoms with E-state index in [1.807, 2.05) is 6.92 Å². The van der Waals surface area contributed by atoms with Gasteiger partial charge in [-0.05, 0) is 38.8 Å². The average molecular weight is 270 g/mol. The first-order chi connectivity index (χ1) is 9.04. The van der Waals surface area contributed by atoms with Crippen molar-refractivity contribution in [1.82, 2.24) is 0 Å². The lowest BCUT2D eigenvalue weighted by Crippen LogP contribution is -2.71. The monoisotopic (exact) mass is 270 g/mol. The Morgan fingerprint density at radius 2 is 1.15 bits per heavy atom. The molecule has 1 aromatic carbocycles. The first-order valence-corrected chi connectivity index (χ1v) is 7.55. The Hall–Kier alpha value is -1.08. The summed E-state index contributed by atoms with van der Waals surface area (Å²) in [5.41, 5.74) is 4.04. The highest BCUT2D eigenvalue weighted by atomic mass is 16.3. The summed E-state index contributed by atoms with van der Waals surface area (Å²) in [5.74, 6) is 0. The van der Waals surface area contributed by atoms with Gasteiger partial charge in [0.2, 0.25) is 0 Å². The number of hydrogen-bond acceptors (Lipinski definition) is 1. The van der Waals surface area contributed by atoms with Crippen molar-refractivity contribution < 1.29 is 5.11 Å². The van der Waals surface area contributed by atoms with E-state index in [0.29, 0.717) is 0 Å². The Kier molecular flexibility index (Phi) is 2.35. The lowest BCUT2D eigenvalue weighted by atomic mass is 9.36. The molecule has 0 saturated carbocycles. The van der Waals surface area contributed by atoms with Crippen LogP contribution >= 0.6 is 0 Å². The summed E-state index contributed by atoms with van der Waals surface area (Å²) in [7, 11) is 0. The van der Waals surface area contributed by atoms with E-state index >= 15 is 0 Å². The Morgan fingerprint density at radius 1 is 0.750 bits per heavy atom. The predicted octanol–water partition coefficient (Wildman–Crippen LogP) is 4.34. The van der Waals surface area contributed by atoms with E-state index in [1.54, 1.807) is 0 Å². The van der Waals surface area contributed by atoms with Crippen molar-refractivity contribution in [2.75, 3.05) is 0 Å². The minimum Gasteiger partial charge on any atom is -0.388 e. The summed E-state index contributed by atoms with van der Waals surface area (Å²) in [6.45, 7) is 15.4. The topological polar surface area (TPSA) is 20.2 Å². The molecule has 3 atom stereocenters. The normalized spacial score (nSPS) is 41.8. The highest BCUT2D eigenvalue weighted by Gasteiger charge is 2.70. The number of hydrogen-bond donors (Lipinski definition) is 1. The zero-order chi connectivity index (χ0) is 15.1. The standard InChI is InChI=1S/C19H26O/c1-12-13(2)18(6)15-11-9-8-10-14(15)17(12,5)16(3,4)19(18,7)20/h8-11,20H,1-7H3/t17-,18+,19-/m1/s1. The molecule has 0 heterocycles. The second kappa shape index (κ2) is 3.39. The van der Waals surface area contributed by atoms with Crippen molar-refractivity contribution in [2.24, 2.45) is 5.41 Å². The van der Waals surface area contributed by atoms with Gasteiger partial charge in [0.15, 0.2) is 0 Å². The summed E-state index contributed by atoms with van der Waals surface area (Å²) in [4.78, 5) is 0. The Labute approximate surface area is 122 Å². The zero-order valence-corrected chi connectivity index (χ0v) is 13.8. The first-order valence-electron chi connectivity index (χ1n) is 7.55. The van der Waals surface area contributed by atoms with Crippen LogP contribution in [0.1, 0.15) is 59.6 Å². The van der Waals surface area contributed by atoms with Crippen molar-refractivity contribution >= 4 is 0 Å². The van der Waals surface area contributed by atoms with Gasteiger partial charge in [-0.15, -0.1) is 0 Å². The maximum Gasteiger partial charge on any atom is 0.0812 e. The van der Waals surface area contributed by atoms with Crippen LogP contribution in [0.25, 0.3) is 0 Å². The van der Waals surface area contributed by atoms with Gasteiger partial charge in [0.05, 0.1) is 5.60 Å². The molecular formula is C19H26O. The van der Waals surface area contributed by atoms with Gasteiger partial charge in [0.1, 0.15) is 0 Å². The van der Waals surface area contributed by atoms with Crippen LogP contribution in [0.3, 0.4) is 0 Å². The molecule has 0 spiro atoms. The van der Waals surface area contributed by atoms with Gasteiger partial charge in [-0.25, -0.2) is 0 Å². The number of aliphatic hydroxyl groups is 1. The molecule has 0 aliphatic heterocycles. The zero-order valence-electron chi connectivity index (χ0n) is 13.8. The number of allylic oxidation sites excluding steroid dienone is 1. The van der Waals surface area contributed by atoms with Gasteiger partial charge in [-0.1, -0.05) is 56.2 Å². The van der Waals surface area contributed by atoms with Crippen molar-refractivity contribution in [3.63, 3.8) is 0 Å². The van der Waals surface area contributed by atoms with E-state index < -0.39 is 5.60 Å². The fourth-order valence-corrected chi connectivity index (χ4v) is 5.05. The highest BCUT2D eigenvalue weighted by molar-refractivity contribution is 5.62. The third-order valence-corrected chi connectivity index (χ3v) is 7.51. The van der Waals surface area contributed by atoms with Crippen LogP contribution < -0.4 is 0 Å². The molecule has 3 aliphatic carbocycles. The lowest BCUT2D eigenvalue weighted by Gasteiger charge is -2.69. The van der Waals surface area contributed by atoms with E-state index in [4.69, 9.17) is 0 Å². The van der Waals surface area contributed by atoms with Gasteiger partial charge in [0, 0.05) is 16.2 Å². The van der Waals surface area contributed by atoms with Crippen LogP contribution in [-0.2, 0) is 10.8 Å². The van der Waals surface area contributed by atoms with Crippen LogP contribution in [0, 0.1) is 5.41 Å². The minimum atomic E-state index is -0.771. The maximum absolute atomic E-state index is 11.5. The van der Waals surface area contributed by atoms with Crippen molar-refractivity contribution in [1.29, 1.82) is 0 Å². The largest absolute Gasteiger partial charge is 0.388 e. The summed E-state index contributed by atoms with van der Waals surface area (Å²) in [6.07, 6.45) is 0. The van der Waals surface area contributed by atoms with Gasteiger partial charge >= 0.3 is 0 Å². The summed E-state index contributed by atoms with van der Waals surface area (Å²) < 4.78 is 0. The molecule has 2 bridgehead atoms. The first kappa shape index (κ1) is 13.9. The molecule has 1 aromatic rings. The molecule has 1 N–H and O–H groups in total. The predicted molar refractivity (Wildman–Crippen MR) is 83.9 cm³/mol. The summed E-state index contributed by atoms with van der Waals surface area (Å²) >= 11 is 0. The van der Waals surface area contributed by atoms with Crippen molar-refractivity contribution in [3.05, 3.63) is 46.5 Å². The molecule has 1 heteroatoms. The SMILES string of the molecule is CC1=C(C)[C@]2(C)c3ccccc3[C@@]1(C)[C@](C)(O)C2(C)C. The van der Waals surface area contributed by atoms with Crippen LogP contribution in [0.5, 0.6) is 0 Å². The number of fused-ring (bicyclic) bond motifs is 1. The van der Waals surface area contributed by atoms with Crippen LogP contribution in [0.15, 0.2) is 35.4 Å². The quantitative estimate of drug-likeness (QED) is 0.695. The van der Waals surface area contributed by atoms with E-state index in [1.165, 1.54) is 22.3 Å². The molecular weight excluding hydrogens is 244 g/mol. The molecule has 0 saturated heterocycles. The van der Waals surface area contributed by atoms with E-state index in [0.717, 1.165) is 0 Å². The van der Waals surface area contributed by atoms with Crippen molar-refractivity contribution in [2.45, 2.75) is 64.9 Å². The number of benzene rings is 1. The van der Waals surface area contributed by atoms with Crippen LogP contribution in [0.2, 0.25) is 0 Å². The van der Waals surface area contributed by atoms with Gasteiger partial charge in [0.25, 0.3) is 0 Å². The highest BCUT2D eigenvalue weighted by Crippen LogP contribution is 2.69. The van der Waals surface area contributed by atoms with Gasteiger partial charge in [-0.2, -0.15) is 0 Å². The van der Waals surface area contributed by atoms with E-state index in [9.17, 15) is 5.11 Å². The number of rotatable bonds is 0. The Bertz CT molecular complexity index is 580. The Morgan fingerprint density at radius 3 is 1.65 bits per heavy atom. The molecule has 1 nitrogen and oxygen atoms in total. The van der Waals surface area contributed by atoms with Gasteiger partial charge < -0.3 is 5.11 Å². The summed E-state index contributed by atoms with van der Waals surface area (Å²) in [5, 5.41) is 11.5. The molecule has 108 valence electrons. The molecule has 4 rings (SSSR count). The molecule has 0 radical (unpaired) electrons. The van der Waals surface area contributed by atoms with Crippen LogP contribution in [0.4, 0.5) is 0 Å². The molecule has 0 aromatic heterocycles. The summed E-state index contributed by atoms with van der Waals surface area (Å²) in [6, 6.07) is 8.68. The second-order valence-electron chi connectivity index (χ2n) is 7.74. The lowest BCUT2D eigenvalue weighted by molar-refractivity contribution is -0.146. The van der Waals surface area contributed by atoms with Crippen molar-refractivity contribution in [3.8, 4) is 0 Å². The molecule has 3 aliphatic rings. The van der Waals surface area contributed by atoms with E-state index in [2.05, 4.69) is 65.8 Å². The third-order valence-electron chi connectivity index (χ3n) is 7.51. The Balaban J connectivity index is 2.56. The fourth-order valence-electron chi connectivity index (χ4n) is 5.05. The van der Waals surface area contributed by atoms with E-state index in [-0.39, 0.29) is 16.2 Å². The molecule has 0 amide bonds. The maximum atomic E-state index is 11.5. The molecule has 0 fully saturated rings. The third kappa shape index (κ3) is 1.02. The molecule has 0 unspecified atom stereocenters. The second-order valence-corrected chi connectivity index (χ2v) is 7.74. The minimum absolute atomic E-state index is 0.116. The van der Waals surface area contributed by atoms with Gasteiger partial charge in [-0.3, -0.25) is 0 Å². The fraction of sp³-hybridized carbons (Fsp3) is 0.579. The van der Waals surface area contributed by atoms with Crippen LogP contribution in [-0.4, -0.2) is 10.7 Å². The smallest absolute Gasteiger partial charge is 0.0812 e.